The van der Waals surface area contributed by atoms with Gasteiger partial charge in [-0.25, -0.2) is 0 Å². The van der Waals surface area contributed by atoms with Crippen molar-refractivity contribution in [3.8, 4) is 11.5 Å². The van der Waals surface area contributed by atoms with Gasteiger partial charge < -0.3 is 24.9 Å². The van der Waals surface area contributed by atoms with Crippen LogP contribution in [0.25, 0.3) is 10.9 Å². The normalized spacial score (nSPS) is 11.2. The van der Waals surface area contributed by atoms with Crippen molar-refractivity contribution in [2.75, 3.05) is 10.2 Å². The Kier molecular flexibility index (Phi) is 5.64. The van der Waals surface area contributed by atoms with Gasteiger partial charge in [-0.05, 0) is 57.5 Å². The van der Waals surface area contributed by atoms with E-state index in [-0.39, 0.29) is 5.91 Å². The van der Waals surface area contributed by atoms with Crippen molar-refractivity contribution < 1.29 is 19.4 Å². The van der Waals surface area contributed by atoms with Crippen LogP contribution >= 0.6 is 0 Å². The maximum absolute atomic E-state index is 11.7. The number of para-hydroxylation sites is 1. The Labute approximate surface area is 175 Å². The summed E-state index contributed by atoms with van der Waals surface area (Å²) >= 11 is 0. The van der Waals surface area contributed by atoms with Crippen molar-refractivity contribution in [2.45, 2.75) is 40.2 Å². The van der Waals surface area contributed by atoms with E-state index >= 15 is 0 Å². The molecule has 0 spiro atoms. The van der Waals surface area contributed by atoms with Crippen LogP contribution in [0.4, 0.5) is 16.2 Å². The highest BCUT2D eigenvalue weighted by Gasteiger charge is 2.24. The van der Waals surface area contributed by atoms with Gasteiger partial charge in [0.05, 0.1) is 11.2 Å². The van der Waals surface area contributed by atoms with Gasteiger partial charge in [0.25, 0.3) is 0 Å². The van der Waals surface area contributed by atoms with Crippen LogP contribution in [0.5, 0.6) is 11.5 Å². The van der Waals surface area contributed by atoms with Crippen LogP contribution in [0.2, 0.25) is 0 Å². The molecule has 0 fully saturated rings. The van der Waals surface area contributed by atoms with Gasteiger partial charge in [-0.3, -0.25) is 9.78 Å². The molecule has 7 nitrogen and oxygen atoms in total. The van der Waals surface area contributed by atoms with E-state index in [1.165, 1.54) is 11.8 Å². The topological polar surface area (TPSA) is 94.6 Å². The van der Waals surface area contributed by atoms with Crippen LogP contribution in [-0.2, 0) is 4.79 Å². The molecule has 0 radical (unpaired) electrons. The van der Waals surface area contributed by atoms with E-state index in [9.17, 15) is 14.7 Å². The number of benzene rings is 2. The fourth-order valence-electron chi connectivity index (χ4n) is 3.25. The summed E-state index contributed by atoms with van der Waals surface area (Å²) in [4.78, 5) is 28.8. The number of hydrogen-bond acceptors (Lipinski definition) is 5. The summed E-state index contributed by atoms with van der Waals surface area (Å²) in [5, 5.41) is 15.2. The first kappa shape index (κ1) is 21.1. The van der Waals surface area contributed by atoms with E-state index < -0.39 is 11.6 Å². The number of aryl methyl sites for hydroxylation is 1. The second kappa shape index (κ2) is 8.02. The zero-order valence-electron chi connectivity index (χ0n) is 17.6. The number of ether oxygens (including phenoxy) is 1. The Morgan fingerprint density at radius 1 is 1.10 bits per heavy atom. The number of hydrogen-bond donors (Lipinski definition) is 1. The Morgan fingerprint density at radius 3 is 2.47 bits per heavy atom. The molecule has 0 saturated carbocycles. The monoisotopic (exact) mass is 406 g/mol. The smallest absolute Gasteiger partial charge is 0.221 e. The molecule has 3 aromatic rings. The summed E-state index contributed by atoms with van der Waals surface area (Å²) in [7, 11) is 0. The minimum absolute atomic E-state index is 0.191. The van der Waals surface area contributed by atoms with E-state index in [1.54, 1.807) is 57.3 Å². The molecular weight excluding hydrogens is 382 g/mol. The fraction of sp³-hybridized carbons (Fsp3) is 0.261. The molecule has 0 atom stereocenters. The van der Waals surface area contributed by atoms with Crippen molar-refractivity contribution in [2.24, 2.45) is 0 Å². The second-order valence-electron chi connectivity index (χ2n) is 8.02. The van der Waals surface area contributed by atoms with Crippen LogP contribution < -0.4 is 20.1 Å². The number of amides is 2. The van der Waals surface area contributed by atoms with Crippen molar-refractivity contribution in [1.29, 1.82) is 0 Å². The molecule has 2 aromatic carbocycles. The number of nitrogens with one attached hydrogen (secondary N) is 1. The lowest BCUT2D eigenvalue weighted by Crippen LogP contribution is -2.52. The lowest BCUT2D eigenvalue weighted by Gasteiger charge is -2.38. The predicted molar refractivity (Wildman–Crippen MR) is 115 cm³/mol. The van der Waals surface area contributed by atoms with E-state index in [0.29, 0.717) is 28.4 Å². The van der Waals surface area contributed by atoms with Crippen LogP contribution in [0, 0.1) is 6.92 Å². The highest BCUT2D eigenvalue weighted by Crippen LogP contribution is 2.36. The minimum atomic E-state index is -1.29. The Bertz CT molecular complexity index is 1120. The summed E-state index contributed by atoms with van der Waals surface area (Å²) in [6, 6.07) is 12.4. The van der Waals surface area contributed by atoms with E-state index in [1.807, 2.05) is 19.1 Å². The number of rotatable bonds is 4. The maximum Gasteiger partial charge on any atom is 0.221 e. The van der Waals surface area contributed by atoms with Gasteiger partial charge in [0.2, 0.25) is 5.91 Å². The molecule has 0 unspecified atom stereocenters. The van der Waals surface area contributed by atoms with Gasteiger partial charge in [-0.1, -0.05) is 12.1 Å². The zero-order valence-corrected chi connectivity index (χ0v) is 17.6. The van der Waals surface area contributed by atoms with E-state index in [2.05, 4.69) is 10.3 Å². The standard InChI is InChI=1S/C23H25N3O4/c1-14-9-10-16(26(22(28)29)23(3,4)5)13-20(14)30-19-11-12-24-21-17(19)7-6-8-18(21)25-15(2)27/h6-13H,1-5H3,(H,25,27)(H,28,29)/p-1. The largest absolute Gasteiger partial charge is 0.530 e. The number of aromatic nitrogens is 1. The molecule has 30 heavy (non-hydrogen) atoms. The Morgan fingerprint density at radius 2 is 1.83 bits per heavy atom. The van der Waals surface area contributed by atoms with Crippen molar-refractivity contribution in [1.82, 2.24) is 4.98 Å². The van der Waals surface area contributed by atoms with Crippen molar-refractivity contribution in [3.63, 3.8) is 0 Å². The number of carbonyl (C=O) groups is 2. The number of pyridine rings is 1. The number of nitrogens with zero attached hydrogens (tertiary/aromatic N) is 2. The molecule has 1 N–H and O–H groups in total. The van der Waals surface area contributed by atoms with Crippen LogP contribution in [0.1, 0.15) is 33.3 Å². The number of carboxylic acid groups (broad SMARTS) is 1. The first-order chi connectivity index (χ1) is 14.1. The molecule has 3 rings (SSSR count). The summed E-state index contributed by atoms with van der Waals surface area (Å²) in [5.74, 6) is 0.868. The Balaban J connectivity index is 2.06. The highest BCUT2D eigenvalue weighted by atomic mass is 16.5. The van der Waals surface area contributed by atoms with Crippen LogP contribution in [0.15, 0.2) is 48.7 Å². The third-order valence-corrected chi connectivity index (χ3v) is 4.54. The summed E-state index contributed by atoms with van der Waals surface area (Å²) < 4.78 is 6.17. The van der Waals surface area contributed by atoms with Gasteiger partial charge in [0.15, 0.2) is 0 Å². The molecule has 7 heteroatoms. The maximum atomic E-state index is 11.7. The molecule has 0 aliphatic carbocycles. The third kappa shape index (κ3) is 4.35. The molecule has 0 aliphatic heterocycles. The molecular formula is C23H24N3O4-. The van der Waals surface area contributed by atoms with E-state index in [4.69, 9.17) is 4.74 Å². The Hall–Kier alpha value is -3.61. The van der Waals surface area contributed by atoms with Gasteiger partial charge in [0.1, 0.15) is 17.6 Å². The molecule has 0 bridgehead atoms. The lowest BCUT2D eigenvalue weighted by atomic mass is 10.0. The molecule has 1 heterocycles. The average Bonchev–Trinajstić information content (AvgIpc) is 2.63. The third-order valence-electron chi connectivity index (χ3n) is 4.54. The molecule has 1 aromatic heterocycles. The first-order valence-electron chi connectivity index (χ1n) is 9.53. The first-order valence-corrected chi connectivity index (χ1v) is 9.53. The van der Waals surface area contributed by atoms with Gasteiger partial charge in [-0.2, -0.15) is 0 Å². The summed E-state index contributed by atoms with van der Waals surface area (Å²) in [6.07, 6.45) is 0.316. The molecule has 0 saturated heterocycles. The molecule has 0 aliphatic rings. The fourth-order valence-corrected chi connectivity index (χ4v) is 3.25. The molecule has 2 amide bonds. The van der Waals surface area contributed by atoms with Crippen LogP contribution in [0.3, 0.4) is 0 Å². The highest BCUT2D eigenvalue weighted by molar-refractivity contribution is 6.01. The van der Waals surface area contributed by atoms with Crippen molar-refractivity contribution in [3.05, 3.63) is 54.2 Å². The zero-order chi connectivity index (χ0) is 22.1. The number of anilines is 2. The van der Waals surface area contributed by atoms with Gasteiger partial charge >= 0.3 is 0 Å². The number of carbonyl (C=O) groups excluding carboxylic acids is 2. The minimum Gasteiger partial charge on any atom is -0.530 e. The average molecular weight is 406 g/mol. The van der Waals surface area contributed by atoms with Crippen molar-refractivity contribution >= 4 is 34.3 Å². The lowest BCUT2D eigenvalue weighted by molar-refractivity contribution is -0.247. The summed E-state index contributed by atoms with van der Waals surface area (Å²) in [5.41, 5.74) is 1.81. The van der Waals surface area contributed by atoms with E-state index in [0.717, 1.165) is 10.9 Å². The quantitative estimate of drug-likeness (QED) is 0.699. The number of fused-ring (bicyclic) bond motifs is 1. The van der Waals surface area contributed by atoms with Gasteiger partial charge in [0, 0.05) is 35.8 Å². The van der Waals surface area contributed by atoms with Gasteiger partial charge in [-0.15, -0.1) is 0 Å². The summed E-state index contributed by atoms with van der Waals surface area (Å²) in [6.45, 7) is 8.70. The SMILES string of the molecule is CC(=O)Nc1cccc2c(Oc3cc(N(C(=O)[O-])C(C)(C)C)ccc3C)ccnc12. The second-order valence-corrected chi connectivity index (χ2v) is 8.02. The molecule has 156 valence electrons. The predicted octanol–water partition coefficient (Wildman–Crippen LogP) is 4.24. The van der Waals surface area contributed by atoms with Crippen LogP contribution in [-0.4, -0.2) is 22.5 Å².